The largest absolute Gasteiger partial charge is 0.433 e. The van der Waals surface area contributed by atoms with E-state index in [1.54, 1.807) is 23.5 Å². The number of nitrogens with zero attached hydrogens (tertiary/aromatic N) is 4. The zero-order valence-corrected chi connectivity index (χ0v) is 21.1. The number of rotatable bonds is 11. The van der Waals surface area contributed by atoms with Gasteiger partial charge < -0.3 is 5.32 Å². The van der Waals surface area contributed by atoms with Gasteiger partial charge in [0.1, 0.15) is 16.1 Å². The Hall–Kier alpha value is -2.73. The molecule has 0 amide bonds. The second-order valence-corrected chi connectivity index (χ2v) is 8.59. The van der Waals surface area contributed by atoms with Gasteiger partial charge in [-0.1, -0.05) is 58.6 Å². The van der Waals surface area contributed by atoms with Crippen LogP contribution in [0.4, 0.5) is 19.1 Å². The number of hydrogen-bond donors (Lipinski definition) is 1. The fourth-order valence-electron chi connectivity index (χ4n) is 3.33. The summed E-state index contributed by atoms with van der Waals surface area (Å²) in [7, 11) is 0. The van der Waals surface area contributed by atoms with Gasteiger partial charge in [0.15, 0.2) is 0 Å². The minimum atomic E-state index is -4.46. The zero-order valence-electron chi connectivity index (χ0n) is 20.3. The van der Waals surface area contributed by atoms with Crippen molar-refractivity contribution in [2.24, 2.45) is 0 Å². The lowest BCUT2D eigenvalue weighted by atomic mass is 9.80. The molecule has 34 heavy (non-hydrogen) atoms. The van der Waals surface area contributed by atoms with E-state index in [2.05, 4.69) is 40.2 Å². The number of allylic oxidation sites excluding steroid dienone is 3. The number of thiazole rings is 1. The molecule has 2 rings (SSSR count). The Morgan fingerprint density at radius 2 is 1.88 bits per heavy atom. The molecular weight excluding hydrogens is 459 g/mol. The smallest absolute Gasteiger partial charge is 0.324 e. The van der Waals surface area contributed by atoms with Crippen molar-refractivity contribution in [1.29, 1.82) is 5.26 Å². The first-order valence-electron chi connectivity index (χ1n) is 11.6. The number of halogens is 3. The molecule has 1 atom stereocenters. The van der Waals surface area contributed by atoms with Crippen LogP contribution in [-0.2, 0) is 11.6 Å². The highest BCUT2D eigenvalue weighted by atomic mass is 32.1. The first-order valence-corrected chi connectivity index (χ1v) is 12.5. The quantitative estimate of drug-likeness (QED) is 0.253. The summed E-state index contributed by atoms with van der Waals surface area (Å²) < 4.78 is 37.4. The summed E-state index contributed by atoms with van der Waals surface area (Å²) in [6.07, 6.45) is 11.0. The zero-order chi connectivity index (χ0) is 25.5. The molecule has 0 fully saturated rings. The van der Waals surface area contributed by atoms with Crippen LogP contribution in [0.3, 0.4) is 0 Å². The van der Waals surface area contributed by atoms with Crippen LogP contribution in [-0.4, -0.2) is 15.0 Å². The predicted molar refractivity (Wildman–Crippen MR) is 132 cm³/mol. The van der Waals surface area contributed by atoms with E-state index in [-0.39, 0.29) is 11.4 Å². The van der Waals surface area contributed by atoms with Gasteiger partial charge in [0, 0.05) is 23.5 Å². The molecule has 186 valence electrons. The van der Waals surface area contributed by atoms with E-state index >= 15 is 0 Å². The van der Waals surface area contributed by atoms with Gasteiger partial charge in [0.25, 0.3) is 0 Å². The summed E-state index contributed by atoms with van der Waals surface area (Å²) in [5, 5.41) is 15.2. The Morgan fingerprint density at radius 1 is 1.12 bits per heavy atom. The number of hydrogen-bond acceptors (Lipinski definition) is 6. The number of nitrogens with one attached hydrogen (secondary N) is 1. The molecule has 0 spiro atoms. The lowest BCUT2D eigenvalue weighted by Crippen LogP contribution is -2.23. The van der Waals surface area contributed by atoms with Crippen LogP contribution in [0.25, 0.3) is 0 Å². The van der Waals surface area contributed by atoms with Crippen LogP contribution in [0.1, 0.15) is 83.3 Å². The molecule has 0 aliphatic heterocycles. The summed E-state index contributed by atoms with van der Waals surface area (Å²) in [5.41, 5.74) is -0.617. The highest BCUT2D eigenvalue weighted by molar-refractivity contribution is 7.09. The number of aromatic nitrogens is 3. The van der Waals surface area contributed by atoms with Crippen molar-refractivity contribution in [2.75, 3.05) is 5.32 Å². The molecule has 2 aromatic heterocycles. The fourth-order valence-corrected chi connectivity index (χ4v) is 4.18. The summed E-state index contributed by atoms with van der Waals surface area (Å²) in [5.74, 6) is -0.0670. The van der Waals surface area contributed by atoms with Crippen LogP contribution in [0.2, 0.25) is 0 Å². The topological polar surface area (TPSA) is 74.5 Å². The van der Waals surface area contributed by atoms with Gasteiger partial charge in [-0.25, -0.2) is 15.0 Å². The third kappa shape index (κ3) is 9.64. The lowest BCUT2D eigenvalue weighted by Gasteiger charge is -2.23. The Bertz CT molecular complexity index is 933. The molecule has 2 aromatic rings. The van der Waals surface area contributed by atoms with Gasteiger partial charge in [0.05, 0.1) is 6.07 Å². The van der Waals surface area contributed by atoms with E-state index in [0.717, 1.165) is 49.4 Å². The molecule has 0 aliphatic rings. The van der Waals surface area contributed by atoms with Crippen LogP contribution < -0.4 is 5.32 Å². The molecule has 0 saturated carbocycles. The Balaban J connectivity index is 0.000000342. The van der Waals surface area contributed by atoms with Gasteiger partial charge in [0.2, 0.25) is 5.95 Å². The van der Waals surface area contributed by atoms with E-state index in [9.17, 15) is 18.4 Å². The minimum absolute atomic E-state index is 0.0670. The molecule has 1 N–H and O–H groups in total. The summed E-state index contributed by atoms with van der Waals surface area (Å²) in [6.45, 7) is 8.08. The van der Waals surface area contributed by atoms with Crippen molar-refractivity contribution in [3.05, 3.63) is 58.5 Å². The van der Waals surface area contributed by atoms with Gasteiger partial charge in [-0.15, -0.1) is 11.3 Å². The van der Waals surface area contributed by atoms with Gasteiger partial charge in [-0.2, -0.15) is 18.4 Å². The highest BCUT2D eigenvalue weighted by Gasteiger charge is 2.33. The van der Waals surface area contributed by atoms with Crippen molar-refractivity contribution in [2.45, 2.75) is 84.2 Å². The Labute approximate surface area is 204 Å². The molecule has 2 heterocycles. The standard InChI is InChI=1S/C13H20N2S.C12H14F3N3/c1-3-5-6-8-13(11-14,7-4-2)12-15-9-10-16-12;1-3-5-9(6-4-2)17-11-16-8-7-10(18-11)12(13,14)15/h9-10H,3-8H2,1-2H3;3,5-8H,4H2,1-2H3,(H,16,17,18)/b;5-3-,9-6+. The van der Waals surface area contributed by atoms with Crippen LogP contribution in [0, 0.1) is 11.3 Å². The number of unbranched alkanes of at least 4 members (excludes halogenated alkanes) is 2. The predicted octanol–water partition coefficient (Wildman–Crippen LogP) is 8.06. The molecule has 5 nitrogen and oxygen atoms in total. The molecule has 0 aliphatic carbocycles. The second kappa shape index (κ2) is 15.2. The van der Waals surface area contributed by atoms with Gasteiger partial charge in [-0.05, 0) is 38.3 Å². The van der Waals surface area contributed by atoms with Crippen LogP contribution >= 0.6 is 11.3 Å². The SMILES string of the molecule is C/C=C\C(=C/CC)Nc1nccc(C(F)(F)F)n1.CCCCCC(C#N)(CCC)c1nccs1. The van der Waals surface area contributed by atoms with Crippen molar-refractivity contribution < 1.29 is 13.2 Å². The lowest BCUT2D eigenvalue weighted by molar-refractivity contribution is -0.141. The first kappa shape index (κ1) is 29.3. The number of anilines is 1. The first-order chi connectivity index (χ1) is 16.3. The van der Waals surface area contributed by atoms with Crippen molar-refractivity contribution >= 4 is 17.3 Å². The number of nitriles is 1. The van der Waals surface area contributed by atoms with Crippen molar-refractivity contribution in [3.63, 3.8) is 0 Å². The van der Waals surface area contributed by atoms with E-state index in [1.807, 2.05) is 31.5 Å². The minimum Gasteiger partial charge on any atom is -0.324 e. The van der Waals surface area contributed by atoms with E-state index < -0.39 is 11.9 Å². The van der Waals surface area contributed by atoms with Crippen molar-refractivity contribution in [3.8, 4) is 6.07 Å². The maximum absolute atomic E-state index is 12.5. The maximum Gasteiger partial charge on any atom is 0.433 e. The van der Waals surface area contributed by atoms with Gasteiger partial charge in [-0.3, -0.25) is 0 Å². The molecule has 0 saturated heterocycles. The average Bonchev–Trinajstić information content (AvgIpc) is 3.35. The number of alkyl halides is 3. The Morgan fingerprint density at radius 3 is 2.41 bits per heavy atom. The summed E-state index contributed by atoms with van der Waals surface area (Å²) in [6, 6.07) is 3.36. The third-order valence-corrected chi connectivity index (χ3v) is 5.89. The maximum atomic E-state index is 12.5. The van der Waals surface area contributed by atoms with Gasteiger partial charge >= 0.3 is 6.18 Å². The van der Waals surface area contributed by atoms with E-state index in [4.69, 9.17) is 0 Å². The van der Waals surface area contributed by atoms with E-state index in [1.165, 1.54) is 12.8 Å². The van der Waals surface area contributed by atoms with Crippen LogP contribution in [0.15, 0.2) is 47.8 Å². The summed E-state index contributed by atoms with van der Waals surface area (Å²) in [4.78, 5) is 11.5. The fraction of sp³-hybridized carbons (Fsp3) is 0.520. The van der Waals surface area contributed by atoms with Crippen molar-refractivity contribution in [1.82, 2.24) is 15.0 Å². The Kier molecular flexibility index (Phi) is 13.1. The van der Waals surface area contributed by atoms with Crippen LogP contribution in [0.5, 0.6) is 0 Å². The average molecular weight is 494 g/mol. The third-order valence-electron chi connectivity index (χ3n) is 4.91. The molecule has 0 bridgehead atoms. The molecule has 9 heteroatoms. The molecule has 0 aromatic carbocycles. The second-order valence-electron chi connectivity index (χ2n) is 7.69. The normalized spacial score (nSPS) is 13.6. The summed E-state index contributed by atoms with van der Waals surface area (Å²) >= 11 is 1.62. The molecule has 0 radical (unpaired) electrons. The monoisotopic (exact) mass is 493 g/mol. The molecule has 1 unspecified atom stereocenters. The highest BCUT2D eigenvalue weighted by Crippen LogP contribution is 2.35. The van der Waals surface area contributed by atoms with E-state index in [0.29, 0.717) is 5.70 Å². The molecular formula is C25H34F3N5S.